The van der Waals surface area contributed by atoms with Crippen LogP contribution < -0.4 is 5.32 Å². The zero-order valence-electron chi connectivity index (χ0n) is 23.4. The van der Waals surface area contributed by atoms with E-state index in [-0.39, 0.29) is 5.69 Å². The Morgan fingerprint density at radius 3 is 1.91 bits per heavy atom. The van der Waals surface area contributed by atoms with Crippen molar-refractivity contribution in [2.45, 2.75) is 6.10 Å². The molecule has 0 saturated heterocycles. The second kappa shape index (κ2) is 14.6. The highest BCUT2D eigenvalue weighted by Gasteiger charge is 2.16. The van der Waals surface area contributed by atoms with Gasteiger partial charge in [-0.1, -0.05) is 41.4 Å². The van der Waals surface area contributed by atoms with Gasteiger partial charge in [0, 0.05) is 58.8 Å². The average molecular weight is 642 g/mol. The molecule has 6 rings (SSSR count). The molecule has 10 heteroatoms. The third-order valence-corrected chi connectivity index (χ3v) is 7.43. The maximum absolute atomic E-state index is 13.8. The van der Waals surface area contributed by atoms with Crippen molar-refractivity contribution in [3.63, 3.8) is 0 Å². The number of nitrogens with zero attached hydrogens (tertiary/aromatic N) is 3. The Morgan fingerprint density at radius 1 is 0.711 bits per heavy atom. The van der Waals surface area contributed by atoms with Crippen LogP contribution in [0.15, 0.2) is 122 Å². The molecule has 3 aromatic heterocycles. The van der Waals surface area contributed by atoms with Crippen molar-refractivity contribution in [1.82, 2.24) is 15.0 Å². The molecule has 0 saturated carbocycles. The standard InChI is InChI=1S/C23H16ClF2N3O.C12H8ClNO/c24-19-4-1-15(14-7-9-27-10-8-14)11-18(19)23(30)16-2-6-22(28-13-16)29-21-5-3-17(25)12-20(21)26;13-12-2-1-10(7-11(12)8-15)9-3-5-14-6-4-9/h1-13,23,30H,(H,28,29);1-8H. The first kappa shape index (κ1) is 31.4. The van der Waals surface area contributed by atoms with Crippen molar-refractivity contribution < 1.29 is 18.7 Å². The lowest BCUT2D eigenvalue weighted by atomic mass is 9.98. The van der Waals surface area contributed by atoms with Crippen LogP contribution in [0, 0.1) is 11.6 Å². The van der Waals surface area contributed by atoms with Gasteiger partial charge in [0.05, 0.1) is 10.7 Å². The van der Waals surface area contributed by atoms with Crippen molar-refractivity contribution >= 4 is 41.0 Å². The van der Waals surface area contributed by atoms with E-state index in [1.54, 1.807) is 55.1 Å². The number of rotatable bonds is 7. The lowest BCUT2D eigenvalue weighted by Gasteiger charge is -2.15. The topological polar surface area (TPSA) is 88.0 Å². The lowest BCUT2D eigenvalue weighted by Crippen LogP contribution is -2.03. The number of aliphatic hydroxyl groups is 1. The summed E-state index contributed by atoms with van der Waals surface area (Å²) in [4.78, 5) is 22.9. The summed E-state index contributed by atoms with van der Waals surface area (Å²) in [5.41, 5.74) is 5.50. The molecule has 0 aliphatic heterocycles. The van der Waals surface area contributed by atoms with Gasteiger partial charge >= 0.3 is 0 Å². The van der Waals surface area contributed by atoms with Gasteiger partial charge in [0.15, 0.2) is 6.29 Å². The van der Waals surface area contributed by atoms with Gasteiger partial charge in [-0.25, -0.2) is 13.8 Å². The Kier molecular flexibility index (Phi) is 10.2. The van der Waals surface area contributed by atoms with Crippen LogP contribution in [0.3, 0.4) is 0 Å². The first-order valence-electron chi connectivity index (χ1n) is 13.5. The first-order valence-corrected chi connectivity index (χ1v) is 14.3. The van der Waals surface area contributed by atoms with Crippen LogP contribution in [0.1, 0.15) is 27.6 Å². The van der Waals surface area contributed by atoms with Crippen molar-refractivity contribution in [3.05, 3.63) is 160 Å². The minimum atomic E-state index is -0.997. The van der Waals surface area contributed by atoms with E-state index in [0.717, 1.165) is 40.7 Å². The summed E-state index contributed by atoms with van der Waals surface area (Å²) in [6.45, 7) is 0. The Hall–Kier alpha value is -5.02. The number of aliphatic hydroxyl groups excluding tert-OH is 1. The van der Waals surface area contributed by atoms with E-state index >= 15 is 0 Å². The molecule has 224 valence electrons. The van der Waals surface area contributed by atoms with Crippen LogP contribution in [0.2, 0.25) is 10.0 Å². The maximum Gasteiger partial charge on any atom is 0.151 e. The molecule has 3 heterocycles. The molecule has 3 aromatic carbocycles. The maximum atomic E-state index is 13.8. The molecule has 6 aromatic rings. The summed E-state index contributed by atoms with van der Waals surface area (Å²) in [5, 5.41) is 14.5. The largest absolute Gasteiger partial charge is 0.384 e. The number of aromatic nitrogens is 3. The second-order valence-corrected chi connectivity index (χ2v) is 10.5. The summed E-state index contributed by atoms with van der Waals surface area (Å²) in [5.74, 6) is -1.02. The number of anilines is 2. The highest BCUT2D eigenvalue weighted by atomic mass is 35.5. The van der Waals surface area contributed by atoms with E-state index < -0.39 is 17.7 Å². The number of carbonyl (C=O) groups is 1. The van der Waals surface area contributed by atoms with E-state index in [1.807, 2.05) is 42.5 Å². The number of nitrogens with one attached hydrogen (secondary N) is 1. The normalized spacial score (nSPS) is 11.2. The molecule has 45 heavy (non-hydrogen) atoms. The third kappa shape index (κ3) is 7.93. The van der Waals surface area contributed by atoms with Crippen LogP contribution in [0.4, 0.5) is 20.3 Å². The van der Waals surface area contributed by atoms with E-state index in [2.05, 4.69) is 20.3 Å². The number of aldehydes is 1. The number of benzene rings is 3. The molecule has 6 nitrogen and oxygen atoms in total. The monoisotopic (exact) mass is 640 g/mol. The van der Waals surface area contributed by atoms with Gasteiger partial charge in [-0.3, -0.25) is 14.8 Å². The molecular formula is C35H24Cl2F2N4O2. The van der Waals surface area contributed by atoms with Gasteiger partial charge in [0.25, 0.3) is 0 Å². The van der Waals surface area contributed by atoms with Gasteiger partial charge in [-0.2, -0.15) is 0 Å². The van der Waals surface area contributed by atoms with Crippen LogP contribution >= 0.6 is 23.2 Å². The molecule has 1 atom stereocenters. The molecule has 0 aliphatic rings. The highest BCUT2D eigenvalue weighted by molar-refractivity contribution is 6.33. The van der Waals surface area contributed by atoms with E-state index in [0.29, 0.717) is 32.6 Å². The predicted octanol–water partition coefficient (Wildman–Crippen LogP) is 9.11. The van der Waals surface area contributed by atoms with E-state index in [4.69, 9.17) is 23.2 Å². The van der Waals surface area contributed by atoms with Crippen LogP contribution in [-0.4, -0.2) is 26.3 Å². The zero-order chi connectivity index (χ0) is 31.8. The molecule has 2 N–H and O–H groups in total. The molecular weight excluding hydrogens is 617 g/mol. The Labute approximate surface area is 268 Å². The number of halogens is 4. The van der Waals surface area contributed by atoms with Crippen molar-refractivity contribution in [3.8, 4) is 22.3 Å². The van der Waals surface area contributed by atoms with Crippen LogP contribution in [-0.2, 0) is 0 Å². The van der Waals surface area contributed by atoms with Gasteiger partial charge < -0.3 is 10.4 Å². The quantitative estimate of drug-likeness (QED) is 0.169. The van der Waals surface area contributed by atoms with E-state index in [1.165, 1.54) is 12.3 Å². The minimum Gasteiger partial charge on any atom is -0.384 e. The van der Waals surface area contributed by atoms with Gasteiger partial charge in [-0.05, 0) is 89.0 Å². The highest BCUT2D eigenvalue weighted by Crippen LogP contribution is 2.33. The summed E-state index contributed by atoms with van der Waals surface area (Å²) in [7, 11) is 0. The molecule has 0 radical (unpaired) electrons. The van der Waals surface area contributed by atoms with Crippen molar-refractivity contribution in [2.75, 3.05) is 5.32 Å². The Bertz CT molecular complexity index is 1910. The molecule has 1 unspecified atom stereocenters. The summed E-state index contributed by atoms with van der Waals surface area (Å²) in [6.07, 6.45) is 8.05. The molecule has 0 spiro atoms. The second-order valence-electron chi connectivity index (χ2n) is 9.69. The summed E-state index contributed by atoms with van der Waals surface area (Å²) in [6, 6.07) is 24.8. The minimum absolute atomic E-state index is 0.102. The summed E-state index contributed by atoms with van der Waals surface area (Å²) >= 11 is 12.2. The van der Waals surface area contributed by atoms with Crippen LogP contribution in [0.5, 0.6) is 0 Å². The Balaban J connectivity index is 0.000000223. The van der Waals surface area contributed by atoms with Crippen molar-refractivity contribution in [2.24, 2.45) is 0 Å². The number of hydrogen-bond acceptors (Lipinski definition) is 6. The van der Waals surface area contributed by atoms with Gasteiger partial charge in [0.2, 0.25) is 0 Å². The molecule has 0 amide bonds. The number of pyridine rings is 3. The first-order chi connectivity index (χ1) is 21.8. The fraction of sp³-hybridized carbons (Fsp3) is 0.0286. The molecule has 0 bridgehead atoms. The SMILES string of the molecule is O=Cc1cc(-c2ccncc2)ccc1Cl.OC(c1ccc(Nc2ccc(F)cc2F)nc1)c1cc(-c2ccncc2)ccc1Cl. The van der Waals surface area contributed by atoms with Crippen molar-refractivity contribution in [1.29, 1.82) is 0 Å². The van der Waals surface area contributed by atoms with E-state index in [9.17, 15) is 18.7 Å². The number of carbonyl (C=O) groups excluding carboxylic acids is 1. The lowest BCUT2D eigenvalue weighted by molar-refractivity contribution is 0.112. The molecule has 0 fully saturated rings. The fourth-order valence-corrected chi connectivity index (χ4v) is 4.77. The van der Waals surface area contributed by atoms with Crippen LogP contribution in [0.25, 0.3) is 22.3 Å². The smallest absolute Gasteiger partial charge is 0.151 e. The zero-order valence-corrected chi connectivity index (χ0v) is 24.9. The Morgan fingerprint density at radius 2 is 1.33 bits per heavy atom. The average Bonchev–Trinajstić information content (AvgIpc) is 3.07. The summed E-state index contributed by atoms with van der Waals surface area (Å²) < 4.78 is 26.8. The fourth-order valence-electron chi connectivity index (χ4n) is 4.38. The van der Waals surface area contributed by atoms with Gasteiger partial charge in [0.1, 0.15) is 23.6 Å². The number of hydrogen-bond donors (Lipinski definition) is 2. The molecule has 0 aliphatic carbocycles. The predicted molar refractivity (Wildman–Crippen MR) is 173 cm³/mol. The van der Waals surface area contributed by atoms with Gasteiger partial charge in [-0.15, -0.1) is 0 Å². The third-order valence-electron chi connectivity index (χ3n) is 6.74.